The van der Waals surface area contributed by atoms with E-state index in [4.69, 9.17) is 12.2 Å². The van der Waals surface area contributed by atoms with E-state index in [0.29, 0.717) is 6.54 Å². The maximum atomic E-state index is 5.54. The van der Waals surface area contributed by atoms with Gasteiger partial charge in [0.15, 0.2) is 0 Å². The van der Waals surface area contributed by atoms with Gasteiger partial charge in [0, 0.05) is 11.3 Å². The van der Waals surface area contributed by atoms with Gasteiger partial charge in [0.25, 0.3) is 0 Å². The number of rotatable bonds is 5. The van der Waals surface area contributed by atoms with Gasteiger partial charge in [-0.3, -0.25) is 0 Å². The van der Waals surface area contributed by atoms with Gasteiger partial charge in [-0.2, -0.15) is 0 Å². The quantitative estimate of drug-likeness (QED) is 0.490. The van der Waals surface area contributed by atoms with Crippen molar-refractivity contribution in [2.24, 2.45) is 17.1 Å². The van der Waals surface area contributed by atoms with E-state index in [0.717, 1.165) is 12.8 Å². The average Bonchev–Trinajstić information content (AvgIpc) is 2.13. The molecular formula is C11H19N. The Balaban J connectivity index is 4.58. The van der Waals surface area contributed by atoms with Crippen molar-refractivity contribution < 1.29 is 0 Å². The van der Waals surface area contributed by atoms with Crippen molar-refractivity contribution in [1.82, 2.24) is 0 Å². The maximum Gasteiger partial charge on any atom is 0.0263 e. The van der Waals surface area contributed by atoms with Crippen LogP contribution in [-0.4, -0.2) is 6.54 Å². The molecule has 0 amide bonds. The topological polar surface area (TPSA) is 26.0 Å². The minimum absolute atomic E-state index is 0.0451. The molecule has 1 unspecified atom stereocenters. The zero-order chi connectivity index (χ0) is 9.61. The van der Waals surface area contributed by atoms with Crippen LogP contribution in [0.3, 0.4) is 0 Å². The van der Waals surface area contributed by atoms with Crippen LogP contribution in [0.25, 0.3) is 0 Å². The van der Waals surface area contributed by atoms with Crippen molar-refractivity contribution in [2.75, 3.05) is 6.54 Å². The predicted molar refractivity (Wildman–Crippen MR) is 54.6 cm³/mol. The Bertz CT molecular complexity index is 178. The lowest BCUT2D eigenvalue weighted by Gasteiger charge is -2.32. The third-order valence-electron chi connectivity index (χ3n) is 2.79. The van der Waals surface area contributed by atoms with Crippen LogP contribution < -0.4 is 5.73 Å². The molecule has 1 nitrogen and oxygen atoms in total. The highest BCUT2D eigenvalue weighted by molar-refractivity contribution is 5.08. The van der Waals surface area contributed by atoms with Crippen molar-refractivity contribution in [2.45, 2.75) is 26.7 Å². The predicted octanol–water partition coefficient (Wildman–Crippen LogP) is 2.19. The van der Waals surface area contributed by atoms with E-state index >= 15 is 0 Å². The lowest BCUT2D eigenvalue weighted by molar-refractivity contribution is 0.272. The number of nitrogens with two attached hydrogens (primary N) is 1. The Labute approximate surface area is 76.0 Å². The number of hydrogen-bond acceptors (Lipinski definition) is 1. The Hall–Kier alpha value is -0.740. The van der Waals surface area contributed by atoms with Crippen molar-refractivity contribution in [3.05, 3.63) is 12.7 Å². The van der Waals surface area contributed by atoms with Gasteiger partial charge in [-0.25, -0.2) is 0 Å². The lowest BCUT2D eigenvalue weighted by Crippen LogP contribution is -2.27. The lowest BCUT2D eigenvalue weighted by atomic mass is 9.72. The molecule has 0 rings (SSSR count). The molecule has 68 valence electrons. The van der Waals surface area contributed by atoms with Crippen molar-refractivity contribution in [3.8, 4) is 12.3 Å². The Morgan fingerprint density at radius 3 is 2.58 bits per heavy atom. The Morgan fingerprint density at radius 1 is 1.75 bits per heavy atom. The first-order valence-corrected chi connectivity index (χ1v) is 4.46. The van der Waals surface area contributed by atoms with Gasteiger partial charge < -0.3 is 5.73 Å². The number of allylic oxidation sites excluding steroid dienone is 1. The molecule has 12 heavy (non-hydrogen) atoms. The second kappa shape index (κ2) is 5.00. The fourth-order valence-electron chi connectivity index (χ4n) is 1.56. The van der Waals surface area contributed by atoms with E-state index in [1.54, 1.807) is 0 Å². The van der Waals surface area contributed by atoms with Crippen molar-refractivity contribution >= 4 is 0 Å². The van der Waals surface area contributed by atoms with Gasteiger partial charge >= 0.3 is 0 Å². The summed E-state index contributed by atoms with van der Waals surface area (Å²) in [5.74, 6) is 2.99. The molecule has 0 bridgehead atoms. The zero-order valence-corrected chi connectivity index (χ0v) is 8.14. The first-order valence-electron chi connectivity index (χ1n) is 4.46. The average molecular weight is 165 g/mol. The molecule has 0 heterocycles. The molecule has 0 aliphatic rings. The molecule has 1 heteroatoms. The molecular weight excluding hydrogens is 146 g/mol. The molecule has 0 radical (unpaired) electrons. The van der Waals surface area contributed by atoms with E-state index in [1.165, 1.54) is 0 Å². The van der Waals surface area contributed by atoms with Crippen LogP contribution in [-0.2, 0) is 0 Å². The minimum atomic E-state index is 0.0451. The summed E-state index contributed by atoms with van der Waals surface area (Å²) in [4.78, 5) is 0. The van der Waals surface area contributed by atoms with Gasteiger partial charge in [-0.05, 0) is 19.4 Å². The van der Waals surface area contributed by atoms with E-state index < -0.39 is 0 Å². The van der Waals surface area contributed by atoms with Gasteiger partial charge in [-0.1, -0.05) is 19.9 Å². The van der Waals surface area contributed by atoms with E-state index in [2.05, 4.69) is 26.3 Å². The van der Waals surface area contributed by atoms with Crippen LogP contribution in [0.1, 0.15) is 26.7 Å². The van der Waals surface area contributed by atoms with Crippen molar-refractivity contribution in [3.63, 3.8) is 0 Å². The van der Waals surface area contributed by atoms with Crippen LogP contribution in [0.4, 0.5) is 0 Å². The van der Waals surface area contributed by atoms with E-state index in [-0.39, 0.29) is 11.3 Å². The molecule has 0 aromatic rings. The second-order valence-corrected chi connectivity index (χ2v) is 3.22. The molecule has 0 aliphatic carbocycles. The van der Waals surface area contributed by atoms with Crippen LogP contribution in [0.2, 0.25) is 0 Å². The van der Waals surface area contributed by atoms with Crippen LogP contribution in [0.15, 0.2) is 12.7 Å². The summed E-state index contributed by atoms with van der Waals surface area (Å²) >= 11 is 0. The molecule has 2 atom stereocenters. The summed E-state index contributed by atoms with van der Waals surface area (Å²) < 4.78 is 0. The molecule has 0 spiro atoms. The monoisotopic (exact) mass is 165 g/mol. The zero-order valence-electron chi connectivity index (χ0n) is 8.14. The standard InChI is InChI=1S/C11H19N/c1-5-10(4)11(6-2,7-3)8-9-12/h1,6,10H,2,7-9,12H2,3-4H3/t10?,11-/m0/s1. The third-order valence-corrected chi connectivity index (χ3v) is 2.79. The molecule has 0 fully saturated rings. The largest absolute Gasteiger partial charge is 0.330 e. The highest BCUT2D eigenvalue weighted by Gasteiger charge is 2.28. The van der Waals surface area contributed by atoms with Crippen LogP contribution >= 0.6 is 0 Å². The molecule has 0 aliphatic heterocycles. The van der Waals surface area contributed by atoms with Gasteiger partial charge in [0.05, 0.1) is 0 Å². The fraction of sp³-hybridized carbons (Fsp3) is 0.636. The first-order chi connectivity index (χ1) is 5.66. The van der Waals surface area contributed by atoms with Crippen LogP contribution in [0, 0.1) is 23.7 Å². The molecule has 0 aromatic heterocycles. The van der Waals surface area contributed by atoms with Crippen LogP contribution in [0.5, 0.6) is 0 Å². The van der Waals surface area contributed by atoms with Crippen molar-refractivity contribution in [1.29, 1.82) is 0 Å². The normalized spacial score (nSPS) is 17.5. The SMILES string of the molecule is C#CC(C)[C@@](C=C)(CC)CCN. The molecule has 2 N–H and O–H groups in total. The summed E-state index contributed by atoms with van der Waals surface area (Å²) in [6, 6.07) is 0. The van der Waals surface area contributed by atoms with E-state index in [1.807, 2.05) is 6.08 Å². The molecule has 0 aromatic carbocycles. The smallest absolute Gasteiger partial charge is 0.0263 e. The summed E-state index contributed by atoms with van der Waals surface area (Å²) in [5.41, 5.74) is 5.59. The summed E-state index contributed by atoms with van der Waals surface area (Å²) in [7, 11) is 0. The highest BCUT2D eigenvalue weighted by atomic mass is 14.5. The van der Waals surface area contributed by atoms with E-state index in [9.17, 15) is 0 Å². The summed E-state index contributed by atoms with van der Waals surface area (Å²) in [5, 5.41) is 0. The first kappa shape index (κ1) is 11.3. The van der Waals surface area contributed by atoms with Gasteiger partial charge in [-0.15, -0.1) is 18.9 Å². The fourth-order valence-corrected chi connectivity index (χ4v) is 1.56. The minimum Gasteiger partial charge on any atom is -0.330 e. The molecule has 0 saturated carbocycles. The van der Waals surface area contributed by atoms with Gasteiger partial charge in [0.1, 0.15) is 0 Å². The Morgan fingerprint density at radius 2 is 2.33 bits per heavy atom. The number of hydrogen-bond donors (Lipinski definition) is 1. The third kappa shape index (κ3) is 2.12. The highest BCUT2D eigenvalue weighted by Crippen LogP contribution is 2.35. The Kier molecular flexibility index (Phi) is 4.70. The second-order valence-electron chi connectivity index (χ2n) is 3.22. The van der Waals surface area contributed by atoms with Gasteiger partial charge in [0.2, 0.25) is 0 Å². The summed E-state index contributed by atoms with van der Waals surface area (Å²) in [6.45, 7) is 8.70. The summed E-state index contributed by atoms with van der Waals surface area (Å²) in [6.07, 6.45) is 9.31. The maximum absolute atomic E-state index is 5.54. The number of terminal acetylenes is 1. The molecule has 0 saturated heterocycles.